The summed E-state index contributed by atoms with van der Waals surface area (Å²) in [6.45, 7) is 1.50. The van der Waals surface area contributed by atoms with Gasteiger partial charge in [-0.3, -0.25) is 4.68 Å². The van der Waals surface area contributed by atoms with Crippen molar-refractivity contribution >= 4 is 11.7 Å². The first kappa shape index (κ1) is 14.4. The second-order valence-corrected chi connectivity index (χ2v) is 5.35. The molecule has 22 heavy (non-hydrogen) atoms. The van der Waals surface area contributed by atoms with Crippen LogP contribution in [-0.2, 0) is 6.54 Å². The predicted octanol–water partition coefficient (Wildman–Crippen LogP) is 2.59. The molecule has 1 fully saturated rings. The van der Waals surface area contributed by atoms with Crippen molar-refractivity contribution in [1.29, 1.82) is 0 Å². The van der Waals surface area contributed by atoms with E-state index < -0.39 is 0 Å². The largest absolute Gasteiger partial charge is 0.495 e. The molecule has 1 atom stereocenters. The van der Waals surface area contributed by atoms with Crippen molar-refractivity contribution in [2.24, 2.45) is 0 Å². The first-order chi connectivity index (χ1) is 10.8. The van der Waals surface area contributed by atoms with Gasteiger partial charge in [-0.25, -0.2) is 4.79 Å². The highest BCUT2D eigenvalue weighted by molar-refractivity contribution is 5.91. The van der Waals surface area contributed by atoms with Gasteiger partial charge in [0.15, 0.2) is 0 Å². The van der Waals surface area contributed by atoms with Crippen molar-refractivity contribution in [2.75, 3.05) is 19.0 Å². The van der Waals surface area contributed by atoms with Gasteiger partial charge in [-0.05, 0) is 31.0 Å². The van der Waals surface area contributed by atoms with Crippen LogP contribution < -0.4 is 10.1 Å². The number of para-hydroxylation sites is 2. The maximum absolute atomic E-state index is 12.6. The van der Waals surface area contributed by atoms with Crippen molar-refractivity contribution in [1.82, 2.24) is 14.7 Å². The third kappa shape index (κ3) is 3.05. The molecule has 1 aliphatic rings. The van der Waals surface area contributed by atoms with Gasteiger partial charge >= 0.3 is 6.03 Å². The summed E-state index contributed by atoms with van der Waals surface area (Å²) in [5.74, 6) is 0.665. The number of amides is 2. The van der Waals surface area contributed by atoms with Crippen molar-refractivity contribution in [3.05, 3.63) is 42.7 Å². The number of benzene rings is 1. The first-order valence-corrected chi connectivity index (χ1v) is 7.46. The number of hydrogen-bond acceptors (Lipinski definition) is 3. The zero-order chi connectivity index (χ0) is 15.4. The molecule has 0 radical (unpaired) electrons. The number of rotatable bonds is 4. The third-order valence-corrected chi connectivity index (χ3v) is 3.94. The van der Waals surface area contributed by atoms with E-state index in [0.717, 1.165) is 25.9 Å². The Kier molecular flexibility index (Phi) is 4.27. The summed E-state index contributed by atoms with van der Waals surface area (Å²) in [4.78, 5) is 14.4. The minimum Gasteiger partial charge on any atom is -0.495 e. The maximum Gasteiger partial charge on any atom is 0.322 e. The molecule has 0 saturated carbocycles. The van der Waals surface area contributed by atoms with E-state index in [1.54, 1.807) is 13.3 Å². The summed E-state index contributed by atoms with van der Waals surface area (Å²) < 4.78 is 7.15. The smallest absolute Gasteiger partial charge is 0.322 e. The fourth-order valence-corrected chi connectivity index (χ4v) is 2.85. The number of aromatic nitrogens is 2. The summed E-state index contributed by atoms with van der Waals surface area (Å²) >= 11 is 0. The molecule has 1 aliphatic heterocycles. The lowest BCUT2D eigenvalue weighted by Gasteiger charge is -2.25. The Labute approximate surface area is 129 Å². The van der Waals surface area contributed by atoms with E-state index in [1.165, 1.54) is 0 Å². The average molecular weight is 300 g/mol. The molecule has 6 heteroatoms. The summed E-state index contributed by atoms with van der Waals surface area (Å²) in [5, 5.41) is 7.17. The Balaban J connectivity index is 1.68. The van der Waals surface area contributed by atoms with Crippen molar-refractivity contribution in [3.63, 3.8) is 0 Å². The normalized spacial score (nSPS) is 17.5. The van der Waals surface area contributed by atoms with Gasteiger partial charge in [0, 0.05) is 18.9 Å². The number of urea groups is 1. The number of carbonyl (C=O) groups excluding carboxylic acids is 1. The number of anilines is 1. The maximum atomic E-state index is 12.6. The number of nitrogens with one attached hydrogen (secondary N) is 1. The highest BCUT2D eigenvalue weighted by Crippen LogP contribution is 2.25. The van der Waals surface area contributed by atoms with Gasteiger partial charge in [-0.2, -0.15) is 5.10 Å². The van der Waals surface area contributed by atoms with Crippen LogP contribution >= 0.6 is 0 Å². The van der Waals surface area contributed by atoms with E-state index >= 15 is 0 Å². The molecular formula is C16H20N4O2. The summed E-state index contributed by atoms with van der Waals surface area (Å²) in [5.41, 5.74) is 0.694. The molecule has 2 amide bonds. The van der Waals surface area contributed by atoms with Gasteiger partial charge < -0.3 is 15.0 Å². The monoisotopic (exact) mass is 300 g/mol. The summed E-state index contributed by atoms with van der Waals surface area (Å²) in [7, 11) is 1.60. The molecule has 1 saturated heterocycles. The molecule has 0 bridgehead atoms. The van der Waals surface area contributed by atoms with Crippen molar-refractivity contribution < 1.29 is 9.53 Å². The van der Waals surface area contributed by atoms with Gasteiger partial charge in [0.05, 0.1) is 25.4 Å². The second kappa shape index (κ2) is 6.51. The quantitative estimate of drug-likeness (QED) is 0.944. The highest BCUT2D eigenvalue weighted by atomic mass is 16.5. The number of carbonyl (C=O) groups is 1. The summed E-state index contributed by atoms with van der Waals surface area (Å²) in [6, 6.07) is 9.42. The third-order valence-electron chi connectivity index (χ3n) is 3.94. The summed E-state index contributed by atoms with van der Waals surface area (Å²) in [6.07, 6.45) is 5.70. The molecule has 2 heterocycles. The van der Waals surface area contributed by atoms with Crippen LogP contribution in [0.1, 0.15) is 12.8 Å². The zero-order valence-electron chi connectivity index (χ0n) is 12.6. The molecule has 1 aromatic heterocycles. The molecule has 6 nitrogen and oxygen atoms in total. The zero-order valence-corrected chi connectivity index (χ0v) is 12.6. The molecule has 3 rings (SSSR count). The topological polar surface area (TPSA) is 59.4 Å². The number of ether oxygens (including phenoxy) is 1. The van der Waals surface area contributed by atoms with Gasteiger partial charge in [0.25, 0.3) is 0 Å². The predicted molar refractivity (Wildman–Crippen MR) is 84.0 cm³/mol. The fourth-order valence-electron chi connectivity index (χ4n) is 2.85. The van der Waals surface area contributed by atoms with E-state index in [9.17, 15) is 4.79 Å². The van der Waals surface area contributed by atoms with Crippen LogP contribution in [-0.4, -0.2) is 40.4 Å². The van der Waals surface area contributed by atoms with Crippen LogP contribution in [0.3, 0.4) is 0 Å². The lowest BCUT2D eigenvalue weighted by Crippen LogP contribution is -2.40. The molecular weight excluding hydrogens is 280 g/mol. The molecule has 2 aromatic rings. The Morgan fingerprint density at radius 1 is 1.41 bits per heavy atom. The molecule has 116 valence electrons. The molecule has 1 N–H and O–H groups in total. The van der Waals surface area contributed by atoms with Crippen LogP contribution in [0.5, 0.6) is 5.75 Å². The number of nitrogens with zero attached hydrogens (tertiary/aromatic N) is 3. The Morgan fingerprint density at radius 2 is 2.27 bits per heavy atom. The fraction of sp³-hybridized carbons (Fsp3) is 0.375. The van der Waals surface area contributed by atoms with Crippen LogP contribution in [0, 0.1) is 0 Å². The molecule has 1 aromatic carbocycles. The van der Waals surface area contributed by atoms with E-state index in [1.807, 2.05) is 46.1 Å². The van der Waals surface area contributed by atoms with Crippen molar-refractivity contribution in [2.45, 2.75) is 25.4 Å². The van der Waals surface area contributed by atoms with Gasteiger partial charge in [-0.15, -0.1) is 0 Å². The Morgan fingerprint density at radius 3 is 3.05 bits per heavy atom. The van der Waals surface area contributed by atoms with Gasteiger partial charge in [-0.1, -0.05) is 12.1 Å². The van der Waals surface area contributed by atoms with Crippen LogP contribution in [0.25, 0.3) is 0 Å². The van der Waals surface area contributed by atoms with Gasteiger partial charge in [0.2, 0.25) is 0 Å². The lowest BCUT2D eigenvalue weighted by atomic mass is 10.2. The minimum atomic E-state index is -0.0841. The standard InChI is InChI=1S/C16H20N4O2/c1-22-15-8-3-2-7-14(15)18-16(21)20-11-4-6-13(20)12-19-10-5-9-17-19/h2-3,5,7-10,13H,4,6,11-12H2,1H3,(H,18,21). The lowest BCUT2D eigenvalue weighted by molar-refractivity contribution is 0.199. The average Bonchev–Trinajstić information content (AvgIpc) is 3.20. The van der Waals surface area contributed by atoms with E-state index in [4.69, 9.17) is 4.74 Å². The van der Waals surface area contributed by atoms with E-state index in [-0.39, 0.29) is 12.1 Å². The number of methoxy groups -OCH3 is 1. The van der Waals surface area contributed by atoms with Crippen LogP contribution in [0.4, 0.5) is 10.5 Å². The van der Waals surface area contributed by atoms with Crippen LogP contribution in [0.15, 0.2) is 42.7 Å². The van der Waals surface area contributed by atoms with Crippen LogP contribution in [0.2, 0.25) is 0 Å². The first-order valence-electron chi connectivity index (χ1n) is 7.46. The van der Waals surface area contributed by atoms with Gasteiger partial charge in [0.1, 0.15) is 5.75 Å². The SMILES string of the molecule is COc1ccccc1NC(=O)N1CCCC1Cn1cccn1. The molecule has 0 spiro atoms. The molecule has 1 unspecified atom stereocenters. The van der Waals surface area contributed by atoms with E-state index in [2.05, 4.69) is 10.4 Å². The molecule has 0 aliphatic carbocycles. The number of likely N-dealkylation sites (tertiary alicyclic amines) is 1. The second-order valence-electron chi connectivity index (χ2n) is 5.35. The van der Waals surface area contributed by atoms with Crippen molar-refractivity contribution in [3.8, 4) is 5.75 Å². The number of hydrogen-bond donors (Lipinski definition) is 1. The Hall–Kier alpha value is -2.50. The van der Waals surface area contributed by atoms with E-state index in [0.29, 0.717) is 11.4 Å². The minimum absolute atomic E-state index is 0.0841. The Bertz CT molecular complexity index is 627. The highest BCUT2D eigenvalue weighted by Gasteiger charge is 2.29.